The van der Waals surface area contributed by atoms with Crippen LogP contribution in [0.15, 0.2) is 24.3 Å². The van der Waals surface area contributed by atoms with Crippen LogP contribution in [0.4, 0.5) is 0 Å². The van der Waals surface area contributed by atoms with Crippen molar-refractivity contribution in [3.63, 3.8) is 0 Å². The lowest BCUT2D eigenvalue weighted by Crippen LogP contribution is -2.47. The summed E-state index contributed by atoms with van der Waals surface area (Å²) in [5, 5.41) is 3.36. The van der Waals surface area contributed by atoms with E-state index < -0.39 is 6.04 Å². The van der Waals surface area contributed by atoms with E-state index in [9.17, 15) is 9.59 Å². The summed E-state index contributed by atoms with van der Waals surface area (Å²) in [6.45, 7) is 6.44. The summed E-state index contributed by atoms with van der Waals surface area (Å²) in [5.74, 6) is -0.176. The van der Waals surface area contributed by atoms with Gasteiger partial charge in [0.05, 0.1) is 0 Å². The van der Waals surface area contributed by atoms with Crippen LogP contribution in [-0.2, 0) is 16.1 Å². The van der Waals surface area contributed by atoms with Gasteiger partial charge in [0.2, 0.25) is 11.8 Å². The second kappa shape index (κ2) is 8.67. The fraction of sp³-hybridized carbons (Fsp3) is 0.500. The van der Waals surface area contributed by atoms with Crippen molar-refractivity contribution in [2.24, 2.45) is 0 Å². The van der Waals surface area contributed by atoms with Gasteiger partial charge in [-0.25, -0.2) is 0 Å². The average Bonchev–Trinajstić information content (AvgIpc) is 2.46. The highest BCUT2D eigenvalue weighted by molar-refractivity contribution is 6.31. The maximum atomic E-state index is 12.3. The van der Waals surface area contributed by atoms with Crippen LogP contribution in [0, 0.1) is 0 Å². The van der Waals surface area contributed by atoms with Gasteiger partial charge < -0.3 is 10.2 Å². The molecule has 0 saturated heterocycles. The minimum Gasteiger partial charge on any atom is -0.355 e. The molecule has 1 atom stereocenters. The lowest BCUT2D eigenvalue weighted by Gasteiger charge is -2.29. The molecule has 1 aromatic rings. The molecular weight excluding hydrogens is 288 g/mol. The van der Waals surface area contributed by atoms with Crippen LogP contribution in [0.2, 0.25) is 5.02 Å². The highest BCUT2D eigenvalue weighted by Crippen LogP contribution is 2.19. The summed E-state index contributed by atoms with van der Waals surface area (Å²) in [5.41, 5.74) is 0.847. The molecule has 0 spiro atoms. The van der Waals surface area contributed by atoms with Crippen molar-refractivity contribution in [2.45, 2.75) is 46.2 Å². The maximum Gasteiger partial charge on any atom is 0.242 e. The van der Waals surface area contributed by atoms with Gasteiger partial charge in [0.1, 0.15) is 6.04 Å². The van der Waals surface area contributed by atoms with E-state index in [1.807, 2.05) is 32.0 Å². The zero-order valence-electron chi connectivity index (χ0n) is 12.9. The van der Waals surface area contributed by atoms with E-state index in [0.29, 0.717) is 24.5 Å². The third kappa shape index (κ3) is 5.05. The first-order chi connectivity index (χ1) is 10.0. The molecule has 2 amide bonds. The number of halogens is 1. The Hall–Kier alpha value is -1.55. The number of carbonyl (C=O) groups is 2. The molecule has 1 aromatic carbocycles. The lowest BCUT2D eigenvalue weighted by atomic mass is 10.1. The smallest absolute Gasteiger partial charge is 0.242 e. The first kappa shape index (κ1) is 17.5. The van der Waals surface area contributed by atoms with Crippen LogP contribution < -0.4 is 5.32 Å². The Bertz CT molecular complexity index is 491. The molecule has 0 aliphatic rings. The molecule has 1 rings (SSSR count). The Balaban J connectivity index is 2.94. The van der Waals surface area contributed by atoms with Crippen molar-refractivity contribution in [1.82, 2.24) is 10.2 Å². The molecule has 0 bridgehead atoms. The molecule has 0 aliphatic carbocycles. The zero-order chi connectivity index (χ0) is 15.8. The number of hydrogen-bond acceptors (Lipinski definition) is 2. The van der Waals surface area contributed by atoms with Crippen molar-refractivity contribution in [1.29, 1.82) is 0 Å². The van der Waals surface area contributed by atoms with Crippen molar-refractivity contribution in [2.75, 3.05) is 6.54 Å². The van der Waals surface area contributed by atoms with E-state index in [4.69, 9.17) is 11.6 Å². The SMILES string of the molecule is CCCC(=O)N(Cc1ccccc1Cl)C(C)C(=O)NCC. The molecular formula is C16H23ClN2O2. The molecule has 0 heterocycles. The average molecular weight is 311 g/mol. The summed E-state index contributed by atoms with van der Waals surface area (Å²) < 4.78 is 0. The third-order valence-corrected chi connectivity index (χ3v) is 3.65. The summed E-state index contributed by atoms with van der Waals surface area (Å²) >= 11 is 6.16. The molecule has 0 fully saturated rings. The van der Waals surface area contributed by atoms with Crippen molar-refractivity contribution < 1.29 is 9.59 Å². The summed E-state index contributed by atoms with van der Waals surface area (Å²) in [4.78, 5) is 25.9. The predicted molar refractivity (Wildman–Crippen MR) is 85.1 cm³/mol. The normalized spacial score (nSPS) is 11.8. The van der Waals surface area contributed by atoms with Crippen LogP contribution >= 0.6 is 11.6 Å². The number of rotatable bonds is 7. The number of hydrogen-bond donors (Lipinski definition) is 1. The quantitative estimate of drug-likeness (QED) is 0.841. The van der Waals surface area contributed by atoms with E-state index in [1.165, 1.54) is 0 Å². The molecule has 1 unspecified atom stereocenters. The molecule has 5 heteroatoms. The van der Waals surface area contributed by atoms with Crippen molar-refractivity contribution in [3.05, 3.63) is 34.9 Å². The molecule has 1 N–H and O–H groups in total. The second-order valence-corrected chi connectivity index (χ2v) is 5.34. The lowest BCUT2D eigenvalue weighted by molar-refractivity contribution is -0.140. The first-order valence-electron chi connectivity index (χ1n) is 7.31. The van der Waals surface area contributed by atoms with Gasteiger partial charge in [0.25, 0.3) is 0 Å². The van der Waals surface area contributed by atoms with E-state index in [0.717, 1.165) is 12.0 Å². The van der Waals surface area contributed by atoms with E-state index in [1.54, 1.807) is 17.9 Å². The first-order valence-corrected chi connectivity index (χ1v) is 7.69. The van der Waals surface area contributed by atoms with Gasteiger partial charge in [-0.3, -0.25) is 9.59 Å². The van der Waals surface area contributed by atoms with Crippen LogP contribution in [0.25, 0.3) is 0 Å². The largest absolute Gasteiger partial charge is 0.355 e. The van der Waals surface area contributed by atoms with Gasteiger partial charge in [-0.15, -0.1) is 0 Å². The standard InChI is InChI=1S/C16H23ClN2O2/c1-4-8-15(20)19(12(3)16(21)18-5-2)11-13-9-6-7-10-14(13)17/h6-7,9-10,12H,4-5,8,11H2,1-3H3,(H,18,21). The van der Waals surface area contributed by atoms with Gasteiger partial charge in [-0.1, -0.05) is 36.7 Å². The summed E-state index contributed by atoms with van der Waals surface area (Å²) in [6.07, 6.45) is 1.17. The number of amides is 2. The number of likely N-dealkylation sites (N-methyl/N-ethyl adjacent to an activating group) is 1. The Morgan fingerprint density at radius 3 is 2.52 bits per heavy atom. The van der Waals surface area contributed by atoms with Crippen LogP contribution in [0.1, 0.15) is 39.2 Å². The van der Waals surface area contributed by atoms with Gasteiger partial charge in [-0.2, -0.15) is 0 Å². The van der Waals surface area contributed by atoms with Gasteiger partial charge in [0, 0.05) is 24.5 Å². The summed E-state index contributed by atoms with van der Waals surface area (Å²) in [7, 11) is 0. The summed E-state index contributed by atoms with van der Waals surface area (Å²) in [6, 6.07) is 6.87. The molecule has 0 saturated carbocycles. The van der Waals surface area contributed by atoms with Crippen LogP contribution in [0.3, 0.4) is 0 Å². The fourth-order valence-electron chi connectivity index (χ4n) is 2.07. The molecule has 0 aliphatic heterocycles. The van der Waals surface area contributed by atoms with Crippen molar-refractivity contribution in [3.8, 4) is 0 Å². The highest BCUT2D eigenvalue weighted by atomic mass is 35.5. The Labute approximate surface area is 131 Å². The number of benzene rings is 1. The molecule has 21 heavy (non-hydrogen) atoms. The molecule has 4 nitrogen and oxygen atoms in total. The Morgan fingerprint density at radius 1 is 1.29 bits per heavy atom. The number of nitrogens with zero attached hydrogens (tertiary/aromatic N) is 1. The Kier molecular flexibility index (Phi) is 7.23. The van der Waals surface area contributed by atoms with Crippen LogP contribution in [0.5, 0.6) is 0 Å². The van der Waals surface area contributed by atoms with E-state index in [-0.39, 0.29) is 11.8 Å². The second-order valence-electron chi connectivity index (χ2n) is 4.93. The Morgan fingerprint density at radius 2 is 1.95 bits per heavy atom. The molecule has 0 aromatic heterocycles. The monoisotopic (exact) mass is 310 g/mol. The predicted octanol–water partition coefficient (Wildman–Crippen LogP) is 2.99. The number of carbonyl (C=O) groups excluding carboxylic acids is 2. The highest BCUT2D eigenvalue weighted by Gasteiger charge is 2.25. The van der Waals surface area contributed by atoms with Gasteiger partial charge in [0.15, 0.2) is 0 Å². The third-order valence-electron chi connectivity index (χ3n) is 3.28. The van der Waals surface area contributed by atoms with E-state index in [2.05, 4.69) is 5.32 Å². The number of nitrogens with one attached hydrogen (secondary N) is 1. The van der Waals surface area contributed by atoms with E-state index >= 15 is 0 Å². The topological polar surface area (TPSA) is 49.4 Å². The zero-order valence-corrected chi connectivity index (χ0v) is 13.6. The van der Waals surface area contributed by atoms with Crippen LogP contribution in [-0.4, -0.2) is 29.3 Å². The minimum atomic E-state index is -0.514. The minimum absolute atomic E-state index is 0.0313. The van der Waals surface area contributed by atoms with Gasteiger partial charge >= 0.3 is 0 Å². The molecule has 0 radical (unpaired) electrons. The molecule has 116 valence electrons. The fourth-order valence-corrected chi connectivity index (χ4v) is 2.27. The maximum absolute atomic E-state index is 12.3. The van der Waals surface area contributed by atoms with Crippen molar-refractivity contribution >= 4 is 23.4 Å². The van der Waals surface area contributed by atoms with Gasteiger partial charge in [-0.05, 0) is 31.9 Å².